The molecule has 40 heavy (non-hydrogen) atoms. The normalized spacial score (nSPS) is 11.8. The monoisotopic (exact) mass is 549 g/mol. The second kappa shape index (κ2) is 14.0. The highest BCUT2D eigenvalue weighted by Crippen LogP contribution is 2.23. The van der Waals surface area contributed by atoms with Crippen molar-refractivity contribution in [1.82, 2.24) is 34.9 Å². The molecule has 212 valence electrons. The lowest BCUT2D eigenvalue weighted by atomic mass is 10.2. The molecule has 3 rings (SSSR count). The average molecular weight is 550 g/mol. The van der Waals surface area contributed by atoms with Gasteiger partial charge in [-0.1, -0.05) is 17.9 Å². The van der Waals surface area contributed by atoms with Crippen LogP contribution in [0, 0.1) is 17.8 Å². The van der Waals surface area contributed by atoms with Gasteiger partial charge < -0.3 is 25.8 Å². The van der Waals surface area contributed by atoms with Gasteiger partial charge in [0.05, 0.1) is 22.7 Å². The van der Waals surface area contributed by atoms with Gasteiger partial charge in [0, 0.05) is 52.4 Å². The van der Waals surface area contributed by atoms with E-state index in [1.54, 1.807) is 58.5 Å². The molecular weight excluding hydrogens is 513 g/mol. The summed E-state index contributed by atoms with van der Waals surface area (Å²) in [4.78, 5) is 36.8. The summed E-state index contributed by atoms with van der Waals surface area (Å²) in [7, 11) is 8.87. The molecule has 0 aliphatic carbocycles. The number of aryl methyl sites for hydroxylation is 1. The Hall–Kier alpha value is -4.50. The molecule has 12 heteroatoms. The van der Waals surface area contributed by atoms with Crippen molar-refractivity contribution in [3.05, 3.63) is 48.1 Å². The number of nitrogens with zero attached hydrogens (tertiary/aromatic N) is 6. The predicted molar refractivity (Wildman–Crippen MR) is 155 cm³/mol. The third-order valence-corrected chi connectivity index (χ3v) is 6.13. The van der Waals surface area contributed by atoms with Crippen molar-refractivity contribution in [2.24, 2.45) is 7.05 Å². The molecule has 0 unspecified atom stereocenters. The van der Waals surface area contributed by atoms with E-state index in [4.69, 9.17) is 0 Å². The summed E-state index contributed by atoms with van der Waals surface area (Å²) in [6, 6.07) is 4.65. The maximum atomic E-state index is 14.0. The molecule has 0 bridgehead atoms. The first-order valence-corrected chi connectivity index (χ1v) is 12.9. The number of likely N-dealkylation sites (N-methyl/N-ethyl adjacent to an activating group) is 2. The van der Waals surface area contributed by atoms with Crippen LogP contribution in [-0.4, -0.2) is 88.7 Å². The van der Waals surface area contributed by atoms with Crippen LogP contribution in [0.15, 0.2) is 36.5 Å². The Kier molecular flexibility index (Phi) is 10.6. The first-order valence-electron chi connectivity index (χ1n) is 12.9. The molecule has 0 fully saturated rings. The van der Waals surface area contributed by atoms with Crippen LogP contribution in [0.4, 0.5) is 21.8 Å². The van der Waals surface area contributed by atoms with E-state index in [0.717, 1.165) is 0 Å². The molecule has 0 saturated carbocycles. The highest BCUT2D eigenvalue weighted by atomic mass is 19.1. The molecular formula is C28H36FN9O2. The number of amides is 2. The molecule has 2 heterocycles. The summed E-state index contributed by atoms with van der Waals surface area (Å²) in [6.07, 6.45) is 6.06. The Morgan fingerprint density at radius 1 is 1.25 bits per heavy atom. The van der Waals surface area contributed by atoms with E-state index >= 15 is 0 Å². The summed E-state index contributed by atoms with van der Waals surface area (Å²) in [5.41, 5.74) is 1.94. The van der Waals surface area contributed by atoms with E-state index in [1.165, 1.54) is 15.7 Å². The van der Waals surface area contributed by atoms with Crippen molar-refractivity contribution in [2.75, 3.05) is 51.9 Å². The number of benzene rings is 1. The number of unbranched alkanes of at least 4 members (excludes halogenated alkanes) is 1. The fraction of sp³-hybridized carbons (Fsp3) is 0.393. The third kappa shape index (κ3) is 8.00. The number of aromatic nitrogens is 4. The molecule has 0 aliphatic heterocycles. The maximum Gasteiger partial charge on any atom is 0.246 e. The maximum absolute atomic E-state index is 14.0. The number of rotatable bonds is 11. The van der Waals surface area contributed by atoms with Gasteiger partial charge in [0.1, 0.15) is 11.9 Å². The molecule has 2 aromatic heterocycles. The minimum absolute atomic E-state index is 0.218. The number of carbonyl (C=O) groups is 2. The average Bonchev–Trinajstić information content (AvgIpc) is 3.21. The molecule has 0 radical (unpaired) electrons. The van der Waals surface area contributed by atoms with Crippen LogP contribution in [0.25, 0.3) is 10.9 Å². The van der Waals surface area contributed by atoms with Crippen molar-refractivity contribution >= 4 is 40.2 Å². The number of hydrogen-bond donors (Lipinski definition) is 3. The Morgan fingerprint density at radius 3 is 2.75 bits per heavy atom. The molecule has 3 N–H and O–H groups in total. The number of hydrogen-bond acceptors (Lipinski definition) is 8. The highest BCUT2D eigenvalue weighted by Gasteiger charge is 2.20. The van der Waals surface area contributed by atoms with Crippen molar-refractivity contribution in [3.63, 3.8) is 0 Å². The second-order valence-corrected chi connectivity index (χ2v) is 9.46. The lowest BCUT2D eigenvalue weighted by Crippen LogP contribution is -2.45. The molecule has 1 atom stereocenters. The van der Waals surface area contributed by atoms with Crippen LogP contribution in [0.1, 0.15) is 25.3 Å². The van der Waals surface area contributed by atoms with E-state index in [0.29, 0.717) is 59.9 Å². The van der Waals surface area contributed by atoms with Gasteiger partial charge in [-0.25, -0.2) is 4.98 Å². The van der Waals surface area contributed by atoms with Crippen molar-refractivity contribution in [3.8, 4) is 11.8 Å². The zero-order chi connectivity index (χ0) is 29.2. The highest BCUT2D eigenvalue weighted by molar-refractivity contribution is 5.92. The Balaban J connectivity index is 1.49. The fourth-order valence-corrected chi connectivity index (χ4v) is 3.70. The number of halogens is 1. The van der Waals surface area contributed by atoms with Gasteiger partial charge in [0.15, 0.2) is 0 Å². The van der Waals surface area contributed by atoms with Crippen molar-refractivity contribution in [2.45, 2.75) is 25.8 Å². The van der Waals surface area contributed by atoms with Gasteiger partial charge >= 0.3 is 0 Å². The van der Waals surface area contributed by atoms with Crippen molar-refractivity contribution < 1.29 is 14.0 Å². The van der Waals surface area contributed by atoms with Gasteiger partial charge in [-0.2, -0.15) is 9.37 Å². The van der Waals surface area contributed by atoms with E-state index in [1.807, 2.05) is 19.0 Å². The topological polar surface area (TPSA) is 120 Å². The van der Waals surface area contributed by atoms with E-state index < -0.39 is 12.0 Å². The molecule has 1 aromatic carbocycles. The Morgan fingerprint density at radius 2 is 2.02 bits per heavy atom. The minimum Gasteiger partial charge on any atom is -0.372 e. The van der Waals surface area contributed by atoms with E-state index in [2.05, 4.69) is 42.9 Å². The van der Waals surface area contributed by atoms with Crippen LogP contribution in [0.5, 0.6) is 0 Å². The van der Waals surface area contributed by atoms with Gasteiger partial charge in [-0.15, -0.1) is 5.10 Å². The molecule has 0 spiro atoms. The van der Waals surface area contributed by atoms with Gasteiger partial charge in [-0.05, 0) is 45.6 Å². The summed E-state index contributed by atoms with van der Waals surface area (Å²) >= 11 is 0. The van der Waals surface area contributed by atoms with Gasteiger partial charge in [-0.3, -0.25) is 14.3 Å². The Labute approximate surface area is 233 Å². The molecule has 3 aromatic rings. The summed E-state index contributed by atoms with van der Waals surface area (Å²) in [5, 5.41) is 13.2. The lowest BCUT2D eigenvalue weighted by Gasteiger charge is -2.23. The quantitative estimate of drug-likeness (QED) is 0.190. The lowest BCUT2D eigenvalue weighted by molar-refractivity contribution is -0.135. The largest absolute Gasteiger partial charge is 0.372 e. The zero-order valence-electron chi connectivity index (χ0n) is 23.7. The number of fused-ring (bicyclic) bond motifs is 1. The van der Waals surface area contributed by atoms with Crippen LogP contribution in [-0.2, 0) is 16.6 Å². The molecule has 2 amide bonds. The van der Waals surface area contributed by atoms with Crippen LogP contribution < -0.4 is 16.0 Å². The molecule has 11 nitrogen and oxygen atoms in total. The summed E-state index contributed by atoms with van der Waals surface area (Å²) < 4.78 is 15.5. The first-order chi connectivity index (χ1) is 19.1. The van der Waals surface area contributed by atoms with E-state index in [9.17, 15) is 14.0 Å². The smallest absolute Gasteiger partial charge is 0.246 e. The summed E-state index contributed by atoms with van der Waals surface area (Å²) in [6.45, 7) is 2.78. The van der Waals surface area contributed by atoms with Crippen LogP contribution >= 0.6 is 0 Å². The fourth-order valence-electron chi connectivity index (χ4n) is 3.70. The van der Waals surface area contributed by atoms with Gasteiger partial charge in [0.2, 0.25) is 23.7 Å². The van der Waals surface area contributed by atoms with Crippen LogP contribution in [0.2, 0.25) is 0 Å². The Bertz CT molecular complexity index is 1440. The summed E-state index contributed by atoms with van der Waals surface area (Å²) in [5.74, 6) is 6.05. The molecule has 0 saturated heterocycles. The minimum atomic E-state index is -0.588. The van der Waals surface area contributed by atoms with Crippen LogP contribution in [0.3, 0.4) is 0 Å². The number of nitrogens with one attached hydrogen (secondary N) is 3. The first kappa shape index (κ1) is 30.0. The second-order valence-electron chi connectivity index (χ2n) is 9.46. The number of carbonyl (C=O) groups excluding carboxylic acids is 2. The zero-order valence-corrected chi connectivity index (χ0v) is 23.7. The number of anilines is 3. The molecule has 0 aliphatic rings. The standard InChI is InChI=1S/C28H36FN9O2/c1-19(37(5)24(39)12-10-16-36(3)4)27(40)31-15-9-7-8-11-20-18-32-28(34-26(20)30-2)33-21-13-14-23-22(17-21)25(29)35-38(23)6/h10,12-14,17-19H,7,9,15-16H2,1-6H3,(H,31,40)(H2,30,32,33,34)/t19-/m0/s1. The van der Waals surface area contributed by atoms with E-state index in [-0.39, 0.29) is 11.8 Å². The third-order valence-electron chi connectivity index (χ3n) is 6.13. The predicted octanol–water partition coefficient (Wildman–Crippen LogP) is 2.50. The van der Waals surface area contributed by atoms with Gasteiger partial charge in [0.25, 0.3) is 0 Å². The van der Waals surface area contributed by atoms with Crippen molar-refractivity contribution in [1.29, 1.82) is 0 Å². The SMILES string of the molecule is CNc1nc(Nc2ccc3c(c2)c(F)nn3C)ncc1C#CCCCNC(=O)[C@H](C)N(C)C(=O)C=CCN(C)C.